The van der Waals surface area contributed by atoms with E-state index >= 15 is 0 Å². The number of carbonyl (C=O) groups excluding carboxylic acids is 4. The van der Waals surface area contributed by atoms with Gasteiger partial charge in [-0.05, 0) is 77.8 Å². The Morgan fingerprint density at radius 3 is 2.30 bits per heavy atom. The van der Waals surface area contributed by atoms with Crippen LogP contribution < -0.4 is 10.6 Å². The summed E-state index contributed by atoms with van der Waals surface area (Å²) in [6.07, 6.45) is 5.23. The zero-order chi connectivity index (χ0) is 43.8. The van der Waals surface area contributed by atoms with Crippen LogP contribution >= 0.6 is 0 Å². The van der Waals surface area contributed by atoms with Crippen LogP contribution in [-0.4, -0.2) is 93.5 Å². The Bertz CT molecular complexity index is 2640. The molecule has 4 heterocycles. The highest BCUT2D eigenvalue weighted by Gasteiger charge is 2.42. The maximum Gasteiger partial charge on any atom is 0.407 e. The number of hydrogen-bond donors (Lipinski definition) is 4. The molecule has 4 N–H and O–H groups in total. The van der Waals surface area contributed by atoms with Crippen molar-refractivity contribution in [1.29, 1.82) is 0 Å². The van der Waals surface area contributed by atoms with Gasteiger partial charge >= 0.3 is 6.09 Å². The molecule has 0 spiro atoms. The molecule has 6 aromatic rings. The summed E-state index contributed by atoms with van der Waals surface area (Å²) >= 11 is 0. The van der Waals surface area contributed by atoms with Gasteiger partial charge in [-0.2, -0.15) is 0 Å². The van der Waals surface area contributed by atoms with Crippen LogP contribution in [0.3, 0.4) is 0 Å². The topological polar surface area (TPSA) is 175 Å². The third-order valence-electron chi connectivity index (χ3n) is 12.9. The summed E-state index contributed by atoms with van der Waals surface area (Å²) in [5, 5.41) is 7.82. The lowest BCUT2D eigenvalue weighted by molar-refractivity contribution is -0.138. The summed E-state index contributed by atoms with van der Waals surface area (Å²) in [7, 11) is 2.96. The van der Waals surface area contributed by atoms with Gasteiger partial charge in [-0.1, -0.05) is 86.6 Å². The van der Waals surface area contributed by atoms with Gasteiger partial charge in [-0.3, -0.25) is 14.4 Å². The van der Waals surface area contributed by atoms with E-state index in [-0.39, 0.29) is 47.6 Å². The number of nitrogens with one attached hydrogen (secondary N) is 4. The monoisotopic (exact) mass is 850 g/mol. The van der Waals surface area contributed by atoms with Gasteiger partial charge in [-0.25, -0.2) is 14.8 Å². The van der Waals surface area contributed by atoms with E-state index in [4.69, 9.17) is 19.4 Å². The fourth-order valence-electron chi connectivity index (χ4n) is 9.33. The number of aromatic amines is 2. The Balaban J connectivity index is 0.919. The first kappa shape index (κ1) is 41.8. The highest BCUT2D eigenvalue weighted by atomic mass is 16.5. The van der Waals surface area contributed by atoms with Gasteiger partial charge in [0.2, 0.25) is 17.7 Å². The first-order valence-electron chi connectivity index (χ1n) is 22.0. The molecular formula is C49H54N8O6. The number of hydrogen-bond acceptors (Lipinski definition) is 8. The smallest absolute Gasteiger partial charge is 0.407 e. The van der Waals surface area contributed by atoms with Gasteiger partial charge in [0, 0.05) is 37.4 Å². The van der Waals surface area contributed by atoms with E-state index in [1.807, 2.05) is 66.2 Å². The van der Waals surface area contributed by atoms with Crippen LogP contribution in [0.25, 0.3) is 44.2 Å². The molecule has 9 rings (SSSR count). The van der Waals surface area contributed by atoms with E-state index in [9.17, 15) is 19.2 Å². The fourth-order valence-corrected chi connectivity index (χ4v) is 9.33. The third kappa shape index (κ3) is 8.51. The fraction of sp³-hybridized carbons (Fsp3) is 0.388. The number of imidazole rings is 2. The van der Waals surface area contributed by atoms with Crippen molar-refractivity contribution in [3.8, 4) is 22.4 Å². The van der Waals surface area contributed by atoms with Crippen LogP contribution in [0.15, 0.2) is 91.1 Å². The molecule has 14 nitrogen and oxygen atoms in total. The van der Waals surface area contributed by atoms with Gasteiger partial charge in [0.05, 0.1) is 48.7 Å². The average Bonchev–Trinajstić information content (AvgIpc) is 3.66. The molecule has 5 atom stereocenters. The minimum absolute atomic E-state index is 0.00535. The first-order valence-corrected chi connectivity index (χ1v) is 22.0. The molecule has 3 fully saturated rings. The molecule has 0 radical (unpaired) electrons. The van der Waals surface area contributed by atoms with E-state index in [0.717, 1.165) is 81.3 Å². The number of fused-ring (bicyclic) bond motifs is 3. The Hall–Kier alpha value is -6.54. The second-order valence-corrected chi connectivity index (χ2v) is 17.5. The number of nitrogens with zero attached hydrogens (tertiary/aromatic N) is 4. The van der Waals surface area contributed by atoms with Crippen molar-refractivity contribution >= 4 is 45.6 Å². The number of carbonyl (C=O) groups is 4. The molecule has 63 heavy (non-hydrogen) atoms. The zero-order valence-electron chi connectivity index (χ0n) is 36.1. The largest absolute Gasteiger partial charge is 0.453 e. The molecule has 326 valence electrons. The highest BCUT2D eigenvalue weighted by Crippen LogP contribution is 2.39. The molecular weight excluding hydrogens is 797 g/mol. The standard InChI is InChI=1S/C49H54N8O6/c1-28(2)41(55-49(61)63-4)47(59)57-26-29(27-62-3)23-40(57)45-51-37-21-19-35-24-34(18-20-36(35)43(37)53-45)30-12-14-31(15-13-30)38-25-50-44(52-38)39-11-8-22-56(39)48(60)42(32-9-6-5-7-10-32)54-46(58)33-16-17-33/h5-7,9-10,12-15,18-21,24-25,28-29,33,39-42H,8,11,16-17,22-23,26-27H2,1-4H3,(H,50,52)(H,51,53)(H,54,58)(H,55,61)/t29-,39-,40?,41-,42+/m0/s1. The molecule has 1 saturated carbocycles. The highest BCUT2D eigenvalue weighted by molar-refractivity contribution is 6.05. The number of alkyl carbamates (subject to hydrolysis) is 1. The molecule has 14 heteroatoms. The van der Waals surface area contributed by atoms with Gasteiger partial charge in [0.1, 0.15) is 23.7 Å². The van der Waals surface area contributed by atoms with Crippen molar-refractivity contribution in [2.45, 2.75) is 70.1 Å². The van der Waals surface area contributed by atoms with Crippen LogP contribution in [0.1, 0.15) is 81.3 Å². The summed E-state index contributed by atoms with van der Waals surface area (Å²) in [6.45, 7) is 5.40. The first-order chi connectivity index (χ1) is 30.6. The lowest BCUT2D eigenvalue weighted by atomic mass is 9.99. The van der Waals surface area contributed by atoms with Gasteiger partial charge in [0.25, 0.3) is 0 Å². The maximum atomic E-state index is 14.1. The molecule has 2 aliphatic heterocycles. The Morgan fingerprint density at radius 1 is 0.810 bits per heavy atom. The number of amides is 4. The minimum atomic E-state index is -0.747. The summed E-state index contributed by atoms with van der Waals surface area (Å²) in [4.78, 5) is 73.8. The molecule has 2 aromatic heterocycles. The third-order valence-corrected chi connectivity index (χ3v) is 12.9. The minimum Gasteiger partial charge on any atom is -0.453 e. The van der Waals surface area contributed by atoms with Crippen molar-refractivity contribution in [2.75, 3.05) is 33.9 Å². The normalized spacial score (nSPS) is 19.7. The summed E-state index contributed by atoms with van der Waals surface area (Å²) in [5.41, 5.74) is 6.45. The van der Waals surface area contributed by atoms with Crippen LogP contribution in [-0.2, 0) is 23.9 Å². The van der Waals surface area contributed by atoms with E-state index in [1.54, 1.807) is 7.11 Å². The Kier molecular flexibility index (Phi) is 11.7. The maximum absolute atomic E-state index is 14.1. The summed E-state index contributed by atoms with van der Waals surface area (Å²) < 4.78 is 10.3. The van der Waals surface area contributed by atoms with Gasteiger partial charge in [-0.15, -0.1) is 0 Å². The van der Waals surface area contributed by atoms with Crippen LogP contribution in [0.5, 0.6) is 0 Å². The summed E-state index contributed by atoms with van der Waals surface area (Å²) in [6, 6.07) is 26.3. The summed E-state index contributed by atoms with van der Waals surface area (Å²) in [5.74, 6) is 1.05. The molecule has 1 unspecified atom stereocenters. The lowest BCUT2D eigenvalue weighted by Gasteiger charge is -2.30. The second-order valence-electron chi connectivity index (χ2n) is 17.5. The quantitative estimate of drug-likeness (QED) is 0.0918. The van der Waals surface area contributed by atoms with Crippen molar-refractivity contribution in [1.82, 2.24) is 40.4 Å². The number of likely N-dealkylation sites (tertiary alicyclic amines) is 2. The lowest BCUT2D eigenvalue weighted by Crippen LogP contribution is -2.51. The van der Waals surface area contributed by atoms with E-state index in [2.05, 4.69) is 69.1 Å². The molecule has 4 aromatic carbocycles. The van der Waals surface area contributed by atoms with Crippen molar-refractivity contribution < 1.29 is 28.7 Å². The van der Waals surface area contributed by atoms with Gasteiger partial charge < -0.3 is 39.9 Å². The van der Waals surface area contributed by atoms with Crippen LogP contribution in [0.2, 0.25) is 0 Å². The molecule has 0 bridgehead atoms. The Labute approximate surface area is 366 Å². The number of benzene rings is 4. The number of methoxy groups -OCH3 is 2. The SMILES string of the molecule is COC[C@H]1CC(c2nc3c(ccc4cc(-c5ccc(-c6cnc([C@@H]7CCCN7C(=O)[C@H](NC(=O)C7CC7)c7ccccc7)[nH]6)cc5)ccc43)[nH]2)N(C(=O)[C@@H](NC(=O)OC)C(C)C)C1. The number of ether oxygens (including phenoxy) is 2. The zero-order valence-corrected chi connectivity index (χ0v) is 36.1. The van der Waals surface area contributed by atoms with Crippen molar-refractivity contribution in [3.05, 3.63) is 108 Å². The molecule has 1 aliphatic carbocycles. The number of aromatic nitrogens is 4. The van der Waals surface area contributed by atoms with Crippen molar-refractivity contribution in [3.63, 3.8) is 0 Å². The van der Waals surface area contributed by atoms with E-state index in [0.29, 0.717) is 31.9 Å². The average molecular weight is 851 g/mol. The molecule has 3 aliphatic rings. The number of H-pyrrole nitrogens is 2. The van der Waals surface area contributed by atoms with E-state index < -0.39 is 18.2 Å². The van der Waals surface area contributed by atoms with E-state index in [1.165, 1.54) is 7.11 Å². The predicted octanol–water partition coefficient (Wildman–Crippen LogP) is 7.62. The molecule has 2 saturated heterocycles. The predicted molar refractivity (Wildman–Crippen MR) is 239 cm³/mol. The van der Waals surface area contributed by atoms with Crippen LogP contribution in [0, 0.1) is 17.8 Å². The number of rotatable bonds is 13. The van der Waals surface area contributed by atoms with Crippen LogP contribution in [0.4, 0.5) is 4.79 Å². The molecule has 4 amide bonds. The second kappa shape index (κ2) is 17.7. The van der Waals surface area contributed by atoms with Crippen molar-refractivity contribution in [2.24, 2.45) is 17.8 Å². The van der Waals surface area contributed by atoms with Gasteiger partial charge in [0.15, 0.2) is 0 Å². The Morgan fingerprint density at radius 2 is 1.57 bits per heavy atom.